The van der Waals surface area contributed by atoms with Crippen LogP contribution in [0.15, 0.2) is 106 Å². The summed E-state index contributed by atoms with van der Waals surface area (Å²) in [5.41, 5.74) is 3.40. The molecule has 0 saturated heterocycles. The first-order valence-corrected chi connectivity index (χ1v) is 13.2. The molecule has 0 aliphatic rings. The Morgan fingerprint density at radius 1 is 0.850 bits per heavy atom. The van der Waals surface area contributed by atoms with Gasteiger partial charge in [0.25, 0.3) is 0 Å². The fourth-order valence-corrected chi connectivity index (χ4v) is 4.72. The molecule has 202 valence electrons. The molecule has 0 spiro atoms. The van der Waals surface area contributed by atoms with Gasteiger partial charge in [0, 0.05) is 17.0 Å². The zero-order valence-electron chi connectivity index (χ0n) is 21.8. The molecule has 0 radical (unpaired) electrons. The Morgan fingerprint density at radius 2 is 1.65 bits per heavy atom. The van der Waals surface area contributed by atoms with Crippen molar-refractivity contribution >= 4 is 23.2 Å². The number of halogens is 2. The average Bonchev–Trinajstić information content (AvgIpc) is 3.39. The van der Waals surface area contributed by atoms with Gasteiger partial charge in [0.15, 0.2) is 17.3 Å². The lowest BCUT2D eigenvalue weighted by Crippen LogP contribution is -2.11. The van der Waals surface area contributed by atoms with E-state index in [1.807, 2.05) is 78.2 Å². The summed E-state index contributed by atoms with van der Waals surface area (Å²) in [5.74, 6) is 0.453. The van der Waals surface area contributed by atoms with Crippen LogP contribution in [0.4, 0.5) is 14.5 Å². The van der Waals surface area contributed by atoms with Crippen LogP contribution in [-0.2, 0) is 6.61 Å². The van der Waals surface area contributed by atoms with Crippen LogP contribution in [0.2, 0.25) is 0 Å². The summed E-state index contributed by atoms with van der Waals surface area (Å²) in [5, 5.41) is 6.56. The fraction of sp³-hybridized carbons (Fsp3) is 0.0968. The average molecular weight is 558 g/mol. The summed E-state index contributed by atoms with van der Waals surface area (Å²) in [6.07, 6.45) is 1.66. The maximum atomic E-state index is 14.4. The van der Waals surface area contributed by atoms with Crippen molar-refractivity contribution in [2.24, 2.45) is 10.1 Å². The maximum absolute atomic E-state index is 14.4. The first-order chi connectivity index (χ1) is 19.5. The molecule has 4 aromatic carbocycles. The highest BCUT2D eigenvalue weighted by molar-refractivity contribution is 7.07. The van der Waals surface area contributed by atoms with Crippen LogP contribution in [0, 0.1) is 11.6 Å². The minimum Gasteiger partial charge on any atom is -0.497 e. The van der Waals surface area contributed by atoms with E-state index in [0.29, 0.717) is 28.7 Å². The van der Waals surface area contributed by atoms with E-state index in [4.69, 9.17) is 14.2 Å². The standard InChI is InChI=1S/C31H25F2N3O3S/c1-37-25-12-9-23(10-13-25)28-20-40-31(35-27-14-11-24(32)17-26(27)33)36(28)34-18-22-8-15-29(30(16-22)38-2)39-19-21-6-4-3-5-7-21/h3-18,20H,19H2,1-2H3. The number of hydrogen-bond acceptors (Lipinski definition) is 6. The van der Waals surface area contributed by atoms with Crippen LogP contribution in [0.25, 0.3) is 11.3 Å². The van der Waals surface area contributed by atoms with Gasteiger partial charge in [0.2, 0.25) is 4.80 Å². The highest BCUT2D eigenvalue weighted by atomic mass is 32.1. The first-order valence-electron chi connectivity index (χ1n) is 12.3. The van der Waals surface area contributed by atoms with Gasteiger partial charge in [-0.05, 0) is 65.7 Å². The van der Waals surface area contributed by atoms with Gasteiger partial charge in [-0.2, -0.15) is 5.10 Å². The second-order valence-electron chi connectivity index (χ2n) is 8.58. The smallest absolute Gasteiger partial charge is 0.211 e. The summed E-state index contributed by atoms with van der Waals surface area (Å²) >= 11 is 1.28. The zero-order valence-corrected chi connectivity index (χ0v) is 22.6. The van der Waals surface area contributed by atoms with Crippen LogP contribution in [0.3, 0.4) is 0 Å². The highest BCUT2D eigenvalue weighted by Gasteiger charge is 2.11. The molecule has 40 heavy (non-hydrogen) atoms. The molecule has 1 aromatic heterocycles. The number of ether oxygens (including phenoxy) is 3. The number of thiazole rings is 1. The van der Waals surface area contributed by atoms with Gasteiger partial charge in [0.1, 0.15) is 23.9 Å². The number of hydrogen-bond donors (Lipinski definition) is 0. The molecule has 0 aliphatic heterocycles. The lowest BCUT2D eigenvalue weighted by atomic mass is 10.2. The second-order valence-corrected chi connectivity index (χ2v) is 9.42. The minimum atomic E-state index is -0.759. The van der Waals surface area contributed by atoms with Gasteiger partial charge in [0.05, 0.1) is 26.1 Å². The van der Waals surface area contributed by atoms with Gasteiger partial charge in [-0.1, -0.05) is 30.3 Å². The Labute approximate surface area is 234 Å². The van der Waals surface area contributed by atoms with Crippen molar-refractivity contribution in [1.82, 2.24) is 4.68 Å². The molecule has 0 fully saturated rings. The number of rotatable bonds is 9. The van der Waals surface area contributed by atoms with Gasteiger partial charge in [-0.15, -0.1) is 11.3 Å². The van der Waals surface area contributed by atoms with E-state index in [9.17, 15) is 8.78 Å². The topological polar surface area (TPSA) is 57.3 Å². The van der Waals surface area contributed by atoms with Gasteiger partial charge >= 0.3 is 0 Å². The summed E-state index contributed by atoms with van der Waals surface area (Å²) in [4.78, 5) is 4.84. The Kier molecular flexibility index (Phi) is 8.32. The first kappa shape index (κ1) is 26.8. The molecule has 0 aliphatic carbocycles. The lowest BCUT2D eigenvalue weighted by Gasteiger charge is -2.11. The molecular formula is C31H25F2N3O3S. The minimum absolute atomic E-state index is 0.00932. The Hall–Kier alpha value is -4.76. The van der Waals surface area contributed by atoms with E-state index in [2.05, 4.69) is 10.1 Å². The molecule has 0 amide bonds. The third kappa shape index (κ3) is 6.27. The van der Waals surface area contributed by atoms with Crippen LogP contribution >= 0.6 is 11.3 Å². The predicted molar refractivity (Wildman–Crippen MR) is 153 cm³/mol. The fourth-order valence-electron chi connectivity index (χ4n) is 3.87. The molecule has 0 N–H and O–H groups in total. The molecule has 0 bridgehead atoms. The van der Waals surface area contributed by atoms with E-state index < -0.39 is 11.6 Å². The molecule has 0 atom stereocenters. The molecule has 9 heteroatoms. The van der Waals surface area contributed by atoms with Crippen LogP contribution < -0.4 is 19.0 Å². The SMILES string of the molecule is COc1ccc(-c2csc(=Nc3ccc(F)cc3F)n2N=Cc2ccc(OCc3ccccc3)c(OC)c2)cc1. The molecule has 0 unspecified atom stereocenters. The van der Waals surface area contributed by atoms with Crippen molar-refractivity contribution in [1.29, 1.82) is 0 Å². The van der Waals surface area contributed by atoms with E-state index >= 15 is 0 Å². The third-order valence-corrected chi connectivity index (χ3v) is 6.76. The lowest BCUT2D eigenvalue weighted by molar-refractivity contribution is 0.284. The van der Waals surface area contributed by atoms with Crippen molar-refractivity contribution < 1.29 is 23.0 Å². The number of aromatic nitrogens is 1. The third-order valence-electron chi connectivity index (χ3n) is 5.94. The Bertz CT molecular complexity index is 1700. The highest BCUT2D eigenvalue weighted by Crippen LogP contribution is 2.29. The summed E-state index contributed by atoms with van der Waals surface area (Å²) in [6.45, 7) is 0.408. The van der Waals surface area contributed by atoms with Crippen molar-refractivity contribution in [3.05, 3.63) is 124 Å². The Morgan fingerprint density at radius 3 is 2.38 bits per heavy atom. The van der Waals surface area contributed by atoms with Crippen LogP contribution in [-0.4, -0.2) is 25.1 Å². The monoisotopic (exact) mass is 557 g/mol. The molecular weight excluding hydrogens is 532 g/mol. The zero-order chi connectivity index (χ0) is 27.9. The van der Waals surface area contributed by atoms with Gasteiger partial charge in [-0.3, -0.25) is 0 Å². The van der Waals surface area contributed by atoms with Crippen molar-refractivity contribution in [3.8, 4) is 28.5 Å². The molecule has 0 saturated carbocycles. The van der Waals surface area contributed by atoms with Crippen molar-refractivity contribution in [2.45, 2.75) is 6.61 Å². The van der Waals surface area contributed by atoms with Gasteiger partial charge < -0.3 is 14.2 Å². The van der Waals surface area contributed by atoms with E-state index in [1.54, 1.807) is 25.1 Å². The maximum Gasteiger partial charge on any atom is 0.211 e. The molecule has 6 nitrogen and oxygen atoms in total. The second kappa shape index (κ2) is 12.4. The summed E-state index contributed by atoms with van der Waals surface area (Å²) < 4.78 is 46.3. The van der Waals surface area contributed by atoms with Crippen molar-refractivity contribution in [2.75, 3.05) is 14.2 Å². The molecule has 1 heterocycles. The molecule has 5 aromatic rings. The van der Waals surface area contributed by atoms with Crippen LogP contribution in [0.1, 0.15) is 11.1 Å². The van der Waals surface area contributed by atoms with E-state index in [1.165, 1.54) is 23.5 Å². The number of benzene rings is 4. The summed E-state index contributed by atoms with van der Waals surface area (Å²) in [7, 11) is 3.18. The van der Waals surface area contributed by atoms with E-state index in [-0.39, 0.29) is 5.69 Å². The number of nitrogens with zero attached hydrogens (tertiary/aromatic N) is 3. The Balaban J connectivity index is 1.50. The normalized spacial score (nSPS) is 11.7. The summed E-state index contributed by atoms with van der Waals surface area (Å²) in [6, 6.07) is 26.1. The van der Waals surface area contributed by atoms with E-state index in [0.717, 1.165) is 28.5 Å². The largest absolute Gasteiger partial charge is 0.497 e. The van der Waals surface area contributed by atoms with Crippen LogP contribution in [0.5, 0.6) is 17.2 Å². The predicted octanol–water partition coefficient (Wildman–Crippen LogP) is 7.21. The number of methoxy groups -OCH3 is 2. The quantitative estimate of drug-likeness (QED) is 0.180. The van der Waals surface area contributed by atoms with Gasteiger partial charge in [-0.25, -0.2) is 18.4 Å². The molecule has 5 rings (SSSR count). The van der Waals surface area contributed by atoms with Crippen molar-refractivity contribution in [3.63, 3.8) is 0 Å².